The molecule has 1 heterocycles. The number of nitrogens with zero attached hydrogens (tertiary/aromatic N) is 3. The molecule has 4 nitrogen and oxygen atoms in total. The van der Waals surface area contributed by atoms with Gasteiger partial charge >= 0.3 is 0 Å². The third-order valence-corrected chi connectivity index (χ3v) is 3.69. The fourth-order valence-electron chi connectivity index (χ4n) is 2.11. The van der Waals surface area contributed by atoms with Crippen molar-refractivity contribution in [2.45, 2.75) is 0 Å². The summed E-state index contributed by atoms with van der Waals surface area (Å²) in [6.07, 6.45) is 0. The molecular weight excluding hydrogens is 340 g/mol. The van der Waals surface area contributed by atoms with Crippen LogP contribution in [0.15, 0.2) is 40.9 Å². The Balaban J connectivity index is 2.38. The molecule has 3 rings (SSSR count). The van der Waals surface area contributed by atoms with Crippen LogP contribution in [-0.4, -0.2) is 9.55 Å². The van der Waals surface area contributed by atoms with E-state index in [-0.39, 0.29) is 0 Å². The molecule has 0 aliphatic rings. The predicted octanol–water partition coefficient (Wildman–Crippen LogP) is 3.90. The first-order chi connectivity index (χ1) is 9.60. The van der Waals surface area contributed by atoms with Gasteiger partial charge in [-0.2, -0.15) is 5.26 Å². The lowest BCUT2D eigenvalue weighted by atomic mass is 10.2. The lowest BCUT2D eigenvalue weighted by Gasteiger charge is -2.09. The summed E-state index contributed by atoms with van der Waals surface area (Å²) in [4.78, 5) is 4.29. The summed E-state index contributed by atoms with van der Waals surface area (Å²) in [7, 11) is 0. The van der Waals surface area contributed by atoms with Gasteiger partial charge < -0.3 is 5.73 Å². The Hall–Kier alpha value is -2.03. The van der Waals surface area contributed by atoms with Crippen LogP contribution in [0.25, 0.3) is 16.7 Å². The van der Waals surface area contributed by atoms with E-state index in [4.69, 9.17) is 17.3 Å². The first kappa shape index (κ1) is 13.0. The average molecular weight is 348 g/mol. The SMILES string of the molecule is N#Cc1cc(Br)ccc1-n1c(N)nc2ccc(Cl)cc21. The first-order valence-corrected chi connectivity index (χ1v) is 6.91. The molecule has 0 aliphatic carbocycles. The number of hydrogen-bond donors (Lipinski definition) is 1. The number of aromatic nitrogens is 2. The number of nitriles is 1. The molecule has 0 amide bonds. The second-order valence-corrected chi connectivity index (χ2v) is 5.56. The van der Waals surface area contributed by atoms with E-state index in [1.807, 2.05) is 12.1 Å². The van der Waals surface area contributed by atoms with Crippen LogP contribution in [-0.2, 0) is 0 Å². The molecule has 0 aliphatic heterocycles. The van der Waals surface area contributed by atoms with Gasteiger partial charge in [-0.3, -0.25) is 4.57 Å². The van der Waals surface area contributed by atoms with Gasteiger partial charge in [-0.25, -0.2) is 4.98 Å². The van der Waals surface area contributed by atoms with Crippen molar-refractivity contribution in [2.75, 3.05) is 5.73 Å². The number of hydrogen-bond acceptors (Lipinski definition) is 3. The van der Waals surface area contributed by atoms with Crippen molar-refractivity contribution in [1.82, 2.24) is 9.55 Å². The highest BCUT2D eigenvalue weighted by molar-refractivity contribution is 9.10. The number of nitrogen functional groups attached to an aromatic ring is 1. The third kappa shape index (κ3) is 2.03. The number of imidazole rings is 1. The molecule has 0 saturated heterocycles. The highest BCUT2D eigenvalue weighted by Gasteiger charge is 2.13. The van der Waals surface area contributed by atoms with Gasteiger partial charge in [0.2, 0.25) is 5.95 Å². The van der Waals surface area contributed by atoms with Gasteiger partial charge in [0.05, 0.1) is 22.3 Å². The molecule has 2 N–H and O–H groups in total. The number of fused-ring (bicyclic) bond motifs is 1. The van der Waals surface area contributed by atoms with Crippen LogP contribution < -0.4 is 5.73 Å². The van der Waals surface area contributed by atoms with Crippen LogP contribution in [0.5, 0.6) is 0 Å². The quantitative estimate of drug-likeness (QED) is 0.726. The molecule has 98 valence electrons. The normalized spacial score (nSPS) is 10.7. The molecule has 0 spiro atoms. The average Bonchev–Trinajstić information content (AvgIpc) is 2.74. The van der Waals surface area contributed by atoms with E-state index < -0.39 is 0 Å². The van der Waals surface area contributed by atoms with E-state index in [1.165, 1.54) is 0 Å². The van der Waals surface area contributed by atoms with Crippen molar-refractivity contribution in [3.63, 3.8) is 0 Å². The second kappa shape index (κ2) is 4.82. The zero-order valence-corrected chi connectivity index (χ0v) is 12.5. The molecule has 2 aromatic carbocycles. The van der Waals surface area contributed by atoms with Crippen LogP contribution in [0.3, 0.4) is 0 Å². The van der Waals surface area contributed by atoms with Gasteiger partial charge in [0.15, 0.2) is 0 Å². The Bertz CT molecular complexity index is 863. The monoisotopic (exact) mass is 346 g/mol. The molecule has 0 saturated carbocycles. The van der Waals surface area contributed by atoms with Crippen molar-refractivity contribution in [3.05, 3.63) is 51.5 Å². The first-order valence-electron chi connectivity index (χ1n) is 5.73. The van der Waals surface area contributed by atoms with Gasteiger partial charge in [0.1, 0.15) is 6.07 Å². The van der Waals surface area contributed by atoms with Crippen LogP contribution in [0.4, 0.5) is 5.95 Å². The number of anilines is 1. The maximum absolute atomic E-state index is 9.29. The molecule has 3 aromatic rings. The highest BCUT2D eigenvalue weighted by Crippen LogP contribution is 2.28. The summed E-state index contributed by atoms with van der Waals surface area (Å²) in [5.74, 6) is 0.320. The molecular formula is C14H8BrClN4. The van der Waals surface area contributed by atoms with Crippen LogP contribution in [0.1, 0.15) is 5.56 Å². The Morgan fingerprint density at radius 2 is 2.05 bits per heavy atom. The van der Waals surface area contributed by atoms with Gasteiger partial charge in [0.25, 0.3) is 0 Å². The predicted molar refractivity (Wildman–Crippen MR) is 82.9 cm³/mol. The molecule has 0 fully saturated rings. The Morgan fingerprint density at radius 3 is 2.80 bits per heavy atom. The fraction of sp³-hybridized carbons (Fsp3) is 0. The number of rotatable bonds is 1. The van der Waals surface area contributed by atoms with E-state index in [0.29, 0.717) is 22.2 Å². The molecule has 0 unspecified atom stereocenters. The Labute approximate surface area is 128 Å². The maximum atomic E-state index is 9.29. The van der Waals surface area contributed by atoms with Crippen molar-refractivity contribution in [1.29, 1.82) is 5.26 Å². The van der Waals surface area contributed by atoms with Gasteiger partial charge in [0, 0.05) is 9.50 Å². The minimum absolute atomic E-state index is 0.320. The molecule has 1 aromatic heterocycles. The van der Waals surface area contributed by atoms with Gasteiger partial charge in [-0.1, -0.05) is 27.5 Å². The third-order valence-electron chi connectivity index (χ3n) is 2.96. The number of halogens is 2. The molecule has 20 heavy (non-hydrogen) atoms. The number of nitrogens with two attached hydrogens (primary N) is 1. The smallest absolute Gasteiger partial charge is 0.205 e. The second-order valence-electron chi connectivity index (χ2n) is 4.21. The zero-order valence-electron chi connectivity index (χ0n) is 10.1. The standard InChI is InChI=1S/C14H8BrClN4/c15-9-1-4-12(8(5-9)7-17)20-13-6-10(16)2-3-11(13)19-14(20)18/h1-6H,(H2,18,19). The van der Waals surface area contributed by atoms with Crippen molar-refractivity contribution in [3.8, 4) is 11.8 Å². The molecule has 6 heteroatoms. The molecule has 0 bridgehead atoms. The van der Waals surface area contributed by atoms with Crippen LogP contribution >= 0.6 is 27.5 Å². The summed E-state index contributed by atoms with van der Waals surface area (Å²) >= 11 is 9.38. The highest BCUT2D eigenvalue weighted by atomic mass is 79.9. The van der Waals surface area contributed by atoms with Crippen molar-refractivity contribution >= 4 is 44.5 Å². The van der Waals surface area contributed by atoms with E-state index in [9.17, 15) is 5.26 Å². The summed E-state index contributed by atoms with van der Waals surface area (Å²) in [6.45, 7) is 0. The Kier molecular flexibility index (Phi) is 3.13. The summed E-state index contributed by atoms with van der Waals surface area (Å²) < 4.78 is 2.56. The summed E-state index contributed by atoms with van der Waals surface area (Å²) in [5, 5.41) is 9.88. The number of benzene rings is 2. The van der Waals surface area contributed by atoms with Crippen LogP contribution in [0.2, 0.25) is 5.02 Å². The minimum Gasteiger partial charge on any atom is -0.369 e. The van der Waals surface area contributed by atoms with Crippen molar-refractivity contribution < 1.29 is 0 Å². The molecule has 0 radical (unpaired) electrons. The van der Waals surface area contributed by atoms with E-state index in [2.05, 4.69) is 27.0 Å². The Morgan fingerprint density at radius 1 is 1.25 bits per heavy atom. The molecule has 0 atom stereocenters. The van der Waals surface area contributed by atoms with Gasteiger partial charge in [-0.15, -0.1) is 0 Å². The summed E-state index contributed by atoms with van der Waals surface area (Å²) in [6, 6.07) is 12.9. The topological polar surface area (TPSA) is 67.6 Å². The van der Waals surface area contributed by atoms with Crippen LogP contribution in [0, 0.1) is 11.3 Å². The fourth-order valence-corrected chi connectivity index (χ4v) is 2.64. The minimum atomic E-state index is 0.320. The largest absolute Gasteiger partial charge is 0.369 e. The zero-order chi connectivity index (χ0) is 14.3. The lowest BCUT2D eigenvalue weighted by Crippen LogP contribution is -2.02. The lowest BCUT2D eigenvalue weighted by molar-refractivity contribution is 1.10. The van der Waals surface area contributed by atoms with Gasteiger partial charge in [-0.05, 0) is 36.4 Å². The van der Waals surface area contributed by atoms with E-state index >= 15 is 0 Å². The van der Waals surface area contributed by atoms with E-state index in [0.717, 1.165) is 15.5 Å². The summed E-state index contributed by atoms with van der Waals surface area (Å²) in [5.41, 5.74) is 8.68. The van der Waals surface area contributed by atoms with E-state index in [1.54, 1.807) is 28.8 Å². The van der Waals surface area contributed by atoms with Crippen molar-refractivity contribution in [2.24, 2.45) is 0 Å². The maximum Gasteiger partial charge on any atom is 0.205 e.